The van der Waals surface area contributed by atoms with Crippen molar-refractivity contribution >= 4 is 5.78 Å². The first-order valence-corrected chi connectivity index (χ1v) is 4.42. The van der Waals surface area contributed by atoms with Crippen molar-refractivity contribution < 1.29 is 9.18 Å². The fraction of sp³-hybridized carbons (Fsp3) is 0.400. The zero-order chi connectivity index (χ0) is 9.26. The van der Waals surface area contributed by atoms with Gasteiger partial charge in [0, 0.05) is 12.6 Å². The Morgan fingerprint density at radius 2 is 2.38 bits per heavy atom. The molecule has 0 aromatic carbocycles. The molecule has 1 unspecified atom stereocenters. The van der Waals surface area contributed by atoms with Crippen molar-refractivity contribution in [3.63, 3.8) is 0 Å². The minimum atomic E-state index is -0.359. The van der Waals surface area contributed by atoms with Gasteiger partial charge in [-0.15, -0.1) is 0 Å². The van der Waals surface area contributed by atoms with Gasteiger partial charge in [-0.2, -0.15) is 0 Å². The number of Topliss-reactive ketones (excluding diaryl/α,β-unsaturated/α-hetero) is 1. The van der Waals surface area contributed by atoms with Crippen LogP contribution < -0.4 is 0 Å². The summed E-state index contributed by atoms with van der Waals surface area (Å²) in [5.41, 5.74) is 0.324. The maximum absolute atomic E-state index is 13.2. The van der Waals surface area contributed by atoms with E-state index < -0.39 is 0 Å². The molecule has 3 heteroatoms. The smallest absolute Gasteiger partial charge is 0.145 e. The van der Waals surface area contributed by atoms with Crippen LogP contribution in [-0.2, 0) is 4.79 Å². The van der Waals surface area contributed by atoms with Gasteiger partial charge >= 0.3 is 0 Å². The molecule has 0 amide bonds. The van der Waals surface area contributed by atoms with Crippen LogP contribution in [0, 0.1) is 5.82 Å². The molecule has 1 aliphatic rings. The summed E-state index contributed by atoms with van der Waals surface area (Å²) in [6, 6.07) is 2.90. The van der Waals surface area contributed by atoms with E-state index in [9.17, 15) is 9.18 Å². The molecule has 1 aromatic rings. The number of carbonyl (C=O) groups excluding carboxylic acids is 1. The van der Waals surface area contributed by atoms with Crippen molar-refractivity contribution in [1.29, 1.82) is 0 Å². The molecule has 1 aliphatic carbocycles. The standard InChI is InChI=1S/C10H10FNO/c11-8-4-2-6-12-10(8)7-3-1-5-9(7)13/h2,4,6-7H,1,3,5H2. The maximum atomic E-state index is 13.2. The summed E-state index contributed by atoms with van der Waals surface area (Å²) in [6.07, 6.45) is 3.71. The number of ketones is 1. The summed E-state index contributed by atoms with van der Waals surface area (Å²) in [7, 11) is 0. The number of halogens is 1. The van der Waals surface area contributed by atoms with Crippen LogP contribution in [0.4, 0.5) is 4.39 Å². The van der Waals surface area contributed by atoms with Gasteiger partial charge in [-0.1, -0.05) is 0 Å². The number of rotatable bonds is 1. The lowest BCUT2D eigenvalue weighted by Crippen LogP contribution is -2.08. The van der Waals surface area contributed by atoms with E-state index in [2.05, 4.69) is 4.98 Å². The highest BCUT2D eigenvalue weighted by Gasteiger charge is 2.28. The van der Waals surface area contributed by atoms with E-state index in [0.717, 1.165) is 12.8 Å². The maximum Gasteiger partial charge on any atom is 0.145 e. The molecular formula is C10H10FNO. The second-order valence-electron chi connectivity index (χ2n) is 3.28. The Bertz CT molecular complexity index is 337. The van der Waals surface area contributed by atoms with Gasteiger partial charge in [0.2, 0.25) is 0 Å². The largest absolute Gasteiger partial charge is 0.299 e. The van der Waals surface area contributed by atoms with Crippen molar-refractivity contribution in [3.05, 3.63) is 29.8 Å². The van der Waals surface area contributed by atoms with E-state index in [0.29, 0.717) is 12.1 Å². The molecule has 0 saturated heterocycles. The molecule has 0 radical (unpaired) electrons. The Morgan fingerprint density at radius 3 is 3.00 bits per heavy atom. The SMILES string of the molecule is O=C1CCCC1c1ncccc1F. The summed E-state index contributed by atoms with van der Waals surface area (Å²) in [4.78, 5) is 15.2. The van der Waals surface area contributed by atoms with Crippen LogP contribution in [0.3, 0.4) is 0 Å². The summed E-state index contributed by atoms with van der Waals surface area (Å²) in [5, 5.41) is 0. The molecule has 1 fully saturated rings. The molecule has 0 N–H and O–H groups in total. The molecule has 1 saturated carbocycles. The summed E-state index contributed by atoms with van der Waals surface area (Å²) < 4.78 is 13.2. The van der Waals surface area contributed by atoms with E-state index in [1.165, 1.54) is 18.3 Å². The minimum Gasteiger partial charge on any atom is -0.299 e. The van der Waals surface area contributed by atoms with Crippen LogP contribution in [0.2, 0.25) is 0 Å². The predicted molar refractivity (Wildman–Crippen MR) is 45.8 cm³/mol. The second kappa shape index (κ2) is 3.24. The Labute approximate surface area is 75.8 Å². The fourth-order valence-corrected chi connectivity index (χ4v) is 1.76. The first kappa shape index (κ1) is 8.35. The van der Waals surface area contributed by atoms with Gasteiger partial charge in [0.05, 0.1) is 11.6 Å². The van der Waals surface area contributed by atoms with Crippen LogP contribution in [0.25, 0.3) is 0 Å². The summed E-state index contributed by atoms with van der Waals surface area (Å²) in [5.74, 6) is -0.526. The number of carbonyl (C=O) groups is 1. The first-order chi connectivity index (χ1) is 6.29. The highest BCUT2D eigenvalue weighted by atomic mass is 19.1. The van der Waals surface area contributed by atoms with Crippen molar-refractivity contribution in [1.82, 2.24) is 4.98 Å². The quantitative estimate of drug-likeness (QED) is 0.660. The van der Waals surface area contributed by atoms with Crippen molar-refractivity contribution in [3.8, 4) is 0 Å². The number of aromatic nitrogens is 1. The van der Waals surface area contributed by atoms with Crippen LogP contribution in [0.5, 0.6) is 0 Å². The predicted octanol–water partition coefficient (Wildman–Crippen LogP) is 2.06. The van der Waals surface area contributed by atoms with E-state index in [1.54, 1.807) is 0 Å². The number of pyridine rings is 1. The Morgan fingerprint density at radius 1 is 1.54 bits per heavy atom. The molecular weight excluding hydrogens is 169 g/mol. The van der Waals surface area contributed by atoms with E-state index in [-0.39, 0.29) is 17.5 Å². The molecule has 0 bridgehead atoms. The average Bonchev–Trinajstić information content (AvgIpc) is 2.52. The molecule has 0 aliphatic heterocycles. The zero-order valence-electron chi connectivity index (χ0n) is 7.16. The lowest BCUT2D eigenvalue weighted by atomic mass is 10.0. The van der Waals surface area contributed by atoms with Crippen LogP contribution in [-0.4, -0.2) is 10.8 Å². The topological polar surface area (TPSA) is 30.0 Å². The third-order valence-corrected chi connectivity index (χ3v) is 2.42. The fourth-order valence-electron chi connectivity index (χ4n) is 1.76. The van der Waals surface area contributed by atoms with Gasteiger partial charge in [0.25, 0.3) is 0 Å². The Hall–Kier alpha value is -1.25. The van der Waals surface area contributed by atoms with Crippen molar-refractivity contribution in [2.24, 2.45) is 0 Å². The third kappa shape index (κ3) is 1.46. The zero-order valence-corrected chi connectivity index (χ0v) is 7.16. The lowest BCUT2D eigenvalue weighted by Gasteiger charge is -2.06. The Kier molecular flexibility index (Phi) is 2.08. The molecule has 2 nitrogen and oxygen atoms in total. The van der Waals surface area contributed by atoms with Gasteiger partial charge in [-0.3, -0.25) is 9.78 Å². The van der Waals surface area contributed by atoms with Gasteiger partial charge < -0.3 is 0 Å². The molecule has 1 atom stereocenters. The molecule has 1 aromatic heterocycles. The monoisotopic (exact) mass is 179 g/mol. The van der Waals surface area contributed by atoms with E-state index in [1.807, 2.05) is 0 Å². The summed E-state index contributed by atoms with van der Waals surface area (Å²) in [6.45, 7) is 0. The van der Waals surface area contributed by atoms with Crippen LogP contribution >= 0.6 is 0 Å². The minimum absolute atomic E-state index is 0.123. The lowest BCUT2D eigenvalue weighted by molar-refractivity contribution is -0.118. The number of nitrogens with zero attached hydrogens (tertiary/aromatic N) is 1. The number of hydrogen-bond acceptors (Lipinski definition) is 2. The highest BCUT2D eigenvalue weighted by molar-refractivity contribution is 5.87. The van der Waals surface area contributed by atoms with Crippen molar-refractivity contribution in [2.45, 2.75) is 25.2 Å². The highest BCUT2D eigenvalue weighted by Crippen LogP contribution is 2.30. The van der Waals surface area contributed by atoms with Gasteiger partial charge in [-0.25, -0.2) is 4.39 Å². The molecule has 13 heavy (non-hydrogen) atoms. The molecule has 1 heterocycles. The third-order valence-electron chi connectivity index (χ3n) is 2.42. The summed E-state index contributed by atoms with van der Waals surface area (Å²) >= 11 is 0. The first-order valence-electron chi connectivity index (χ1n) is 4.42. The molecule has 2 rings (SSSR count). The van der Waals surface area contributed by atoms with Crippen molar-refractivity contribution in [2.75, 3.05) is 0 Å². The van der Waals surface area contributed by atoms with Crippen LogP contribution in [0.15, 0.2) is 18.3 Å². The van der Waals surface area contributed by atoms with E-state index in [4.69, 9.17) is 0 Å². The normalized spacial score (nSPS) is 22.2. The van der Waals surface area contributed by atoms with Gasteiger partial charge in [0.15, 0.2) is 0 Å². The van der Waals surface area contributed by atoms with Gasteiger partial charge in [-0.05, 0) is 25.0 Å². The number of hydrogen-bond donors (Lipinski definition) is 0. The molecule has 0 spiro atoms. The average molecular weight is 179 g/mol. The van der Waals surface area contributed by atoms with E-state index >= 15 is 0 Å². The van der Waals surface area contributed by atoms with Crippen LogP contribution in [0.1, 0.15) is 30.9 Å². The van der Waals surface area contributed by atoms with Gasteiger partial charge in [0.1, 0.15) is 11.6 Å². The molecule has 68 valence electrons. The second-order valence-corrected chi connectivity index (χ2v) is 3.28. The Balaban J connectivity index is 2.34.